The highest BCUT2D eigenvalue weighted by atomic mass is 16.5. The third kappa shape index (κ3) is 4.55. The van der Waals surface area contributed by atoms with E-state index >= 15 is 0 Å². The van der Waals surface area contributed by atoms with Crippen molar-refractivity contribution < 1.29 is 9.53 Å². The summed E-state index contributed by atoms with van der Waals surface area (Å²) >= 11 is 0. The summed E-state index contributed by atoms with van der Waals surface area (Å²) in [5, 5.41) is 7.50. The van der Waals surface area contributed by atoms with Crippen LogP contribution >= 0.6 is 0 Å². The highest BCUT2D eigenvalue weighted by molar-refractivity contribution is 5.80. The number of nitrogens with one attached hydrogen (secondary N) is 1. The summed E-state index contributed by atoms with van der Waals surface area (Å²) in [7, 11) is 0. The first kappa shape index (κ1) is 21.4. The summed E-state index contributed by atoms with van der Waals surface area (Å²) in [5.41, 5.74) is 3.74. The summed E-state index contributed by atoms with van der Waals surface area (Å²) in [6.45, 7) is 5.34. The molecule has 2 fully saturated rings. The Hall–Kier alpha value is -3.42. The molecule has 2 aliphatic rings. The second-order valence-corrected chi connectivity index (χ2v) is 8.63. The van der Waals surface area contributed by atoms with E-state index in [-0.39, 0.29) is 11.9 Å². The minimum absolute atomic E-state index is 0.0251. The zero-order valence-electron chi connectivity index (χ0n) is 19.0. The lowest BCUT2D eigenvalue weighted by Gasteiger charge is -2.25. The molecule has 0 aliphatic carbocycles. The number of nitrogens with zero attached hydrogens (tertiary/aromatic N) is 5. The maximum atomic E-state index is 13.2. The lowest BCUT2D eigenvalue weighted by Crippen LogP contribution is -2.32. The van der Waals surface area contributed by atoms with E-state index in [1.165, 1.54) is 12.8 Å². The summed E-state index contributed by atoms with van der Waals surface area (Å²) in [6.07, 6.45) is 8.25. The van der Waals surface area contributed by atoms with Gasteiger partial charge in [0.1, 0.15) is 5.75 Å². The Labute approximate surface area is 194 Å². The number of likely N-dealkylation sites (tertiary alicyclic amines) is 1. The zero-order chi connectivity index (χ0) is 22.6. The van der Waals surface area contributed by atoms with Crippen LogP contribution in [0.25, 0.3) is 11.3 Å². The Morgan fingerprint density at radius 3 is 2.73 bits per heavy atom. The van der Waals surface area contributed by atoms with E-state index < -0.39 is 0 Å². The second kappa shape index (κ2) is 9.60. The fourth-order valence-electron chi connectivity index (χ4n) is 4.83. The number of carbonyl (C=O) groups is 1. The molecule has 0 unspecified atom stereocenters. The molecule has 8 nitrogen and oxygen atoms in total. The molecular weight excluding hydrogens is 416 g/mol. The Bertz CT molecular complexity index is 1090. The van der Waals surface area contributed by atoms with Crippen LogP contribution in [0, 0.1) is 0 Å². The fraction of sp³-hybridized carbons (Fsp3) is 0.440. The van der Waals surface area contributed by atoms with Crippen LogP contribution < -0.4 is 9.64 Å². The molecule has 0 radical (unpaired) electrons. The van der Waals surface area contributed by atoms with E-state index in [2.05, 4.69) is 20.1 Å². The standard InChI is InChI=1S/C25H30N6O2/c1-2-33-19-9-7-18(8-10-19)16-23(32)31-15-5-6-22(31)24-20(17-27-29-24)21-11-12-26-25(28-21)30-13-3-4-14-30/h7-12,17,22H,2-6,13-16H2,1H3,(H,27,29)/t22-/m0/s1. The number of H-pyrrole nitrogens is 1. The first-order valence-corrected chi connectivity index (χ1v) is 11.9. The number of aromatic nitrogens is 4. The van der Waals surface area contributed by atoms with Gasteiger partial charge in [0.15, 0.2) is 0 Å². The van der Waals surface area contributed by atoms with Crippen molar-refractivity contribution in [3.8, 4) is 17.0 Å². The monoisotopic (exact) mass is 446 g/mol. The van der Waals surface area contributed by atoms with E-state index in [4.69, 9.17) is 9.72 Å². The quantitative estimate of drug-likeness (QED) is 0.594. The Kier molecular flexibility index (Phi) is 6.24. The average Bonchev–Trinajstić information content (AvgIpc) is 3.62. The summed E-state index contributed by atoms with van der Waals surface area (Å²) in [5.74, 6) is 1.72. The maximum absolute atomic E-state index is 13.2. The van der Waals surface area contributed by atoms with Crippen molar-refractivity contribution in [2.75, 3.05) is 31.1 Å². The van der Waals surface area contributed by atoms with Crippen LogP contribution in [0.1, 0.15) is 49.9 Å². The van der Waals surface area contributed by atoms with Gasteiger partial charge in [0.25, 0.3) is 0 Å². The number of ether oxygens (including phenoxy) is 1. The van der Waals surface area contributed by atoms with Crippen molar-refractivity contribution in [2.45, 2.75) is 45.1 Å². The van der Waals surface area contributed by atoms with Crippen LogP contribution in [0.4, 0.5) is 5.95 Å². The average molecular weight is 447 g/mol. The first-order chi connectivity index (χ1) is 16.2. The molecule has 1 aromatic carbocycles. The molecule has 0 spiro atoms. The van der Waals surface area contributed by atoms with Gasteiger partial charge in [0, 0.05) is 31.4 Å². The van der Waals surface area contributed by atoms with Crippen LogP contribution in [0.5, 0.6) is 5.75 Å². The molecule has 1 atom stereocenters. The number of hydrogen-bond acceptors (Lipinski definition) is 6. The molecule has 2 aromatic heterocycles. The predicted molar refractivity (Wildman–Crippen MR) is 126 cm³/mol. The molecule has 33 heavy (non-hydrogen) atoms. The van der Waals surface area contributed by atoms with Gasteiger partial charge in [-0.1, -0.05) is 12.1 Å². The fourth-order valence-corrected chi connectivity index (χ4v) is 4.83. The minimum atomic E-state index is -0.0251. The maximum Gasteiger partial charge on any atom is 0.227 e. The molecule has 172 valence electrons. The lowest BCUT2D eigenvalue weighted by atomic mass is 10.0. The zero-order valence-corrected chi connectivity index (χ0v) is 19.0. The van der Waals surface area contributed by atoms with E-state index in [9.17, 15) is 4.79 Å². The number of hydrogen-bond donors (Lipinski definition) is 1. The van der Waals surface area contributed by atoms with Gasteiger partial charge in [-0.25, -0.2) is 9.97 Å². The van der Waals surface area contributed by atoms with Crippen LogP contribution in [0.15, 0.2) is 42.7 Å². The molecular formula is C25H30N6O2. The van der Waals surface area contributed by atoms with Gasteiger partial charge in [-0.3, -0.25) is 9.89 Å². The molecule has 1 amide bonds. The molecule has 0 saturated carbocycles. The molecule has 0 bridgehead atoms. The third-order valence-corrected chi connectivity index (χ3v) is 6.47. The minimum Gasteiger partial charge on any atom is -0.494 e. The van der Waals surface area contributed by atoms with E-state index in [0.29, 0.717) is 13.0 Å². The van der Waals surface area contributed by atoms with Crippen molar-refractivity contribution in [3.63, 3.8) is 0 Å². The van der Waals surface area contributed by atoms with Crippen molar-refractivity contribution >= 4 is 11.9 Å². The van der Waals surface area contributed by atoms with Gasteiger partial charge in [0.2, 0.25) is 11.9 Å². The van der Waals surface area contributed by atoms with Crippen molar-refractivity contribution in [3.05, 3.63) is 54.0 Å². The number of anilines is 1. The van der Waals surface area contributed by atoms with E-state index in [1.54, 1.807) is 0 Å². The molecule has 8 heteroatoms. The van der Waals surface area contributed by atoms with Crippen LogP contribution in [0.2, 0.25) is 0 Å². The molecule has 2 aliphatic heterocycles. The van der Waals surface area contributed by atoms with Crippen molar-refractivity contribution in [1.29, 1.82) is 0 Å². The third-order valence-electron chi connectivity index (χ3n) is 6.47. The van der Waals surface area contributed by atoms with Gasteiger partial charge in [0.05, 0.1) is 36.7 Å². The van der Waals surface area contributed by atoms with Crippen LogP contribution in [-0.2, 0) is 11.2 Å². The molecule has 5 rings (SSSR count). The van der Waals surface area contributed by atoms with Gasteiger partial charge in [-0.15, -0.1) is 0 Å². The smallest absolute Gasteiger partial charge is 0.227 e. The van der Waals surface area contributed by atoms with Gasteiger partial charge in [-0.2, -0.15) is 5.10 Å². The summed E-state index contributed by atoms with van der Waals surface area (Å²) in [4.78, 5) is 26.8. The number of carbonyl (C=O) groups excluding carboxylic acids is 1. The first-order valence-electron chi connectivity index (χ1n) is 11.9. The number of rotatable bonds is 7. The summed E-state index contributed by atoms with van der Waals surface area (Å²) < 4.78 is 5.51. The van der Waals surface area contributed by atoms with Gasteiger partial charge >= 0.3 is 0 Å². The number of amides is 1. The highest BCUT2D eigenvalue weighted by Crippen LogP contribution is 2.36. The second-order valence-electron chi connectivity index (χ2n) is 8.63. The van der Waals surface area contributed by atoms with E-state index in [0.717, 1.165) is 66.7 Å². The normalized spacial score (nSPS) is 18.2. The molecule has 2 saturated heterocycles. The SMILES string of the molecule is CCOc1ccc(CC(=O)N2CCC[C@H]2c2[nH]ncc2-c2ccnc(N3CCCC3)n2)cc1. The lowest BCUT2D eigenvalue weighted by molar-refractivity contribution is -0.131. The molecule has 4 heterocycles. The van der Waals surface area contributed by atoms with Crippen LogP contribution in [0.3, 0.4) is 0 Å². The van der Waals surface area contributed by atoms with E-state index in [1.807, 2.05) is 54.5 Å². The van der Waals surface area contributed by atoms with Crippen molar-refractivity contribution in [1.82, 2.24) is 25.1 Å². The Morgan fingerprint density at radius 1 is 1.12 bits per heavy atom. The van der Waals surface area contributed by atoms with Gasteiger partial charge < -0.3 is 14.5 Å². The van der Waals surface area contributed by atoms with Crippen LogP contribution in [-0.4, -0.2) is 57.2 Å². The topological polar surface area (TPSA) is 87.2 Å². The number of aromatic amines is 1. The number of benzene rings is 1. The molecule has 1 N–H and O–H groups in total. The highest BCUT2D eigenvalue weighted by Gasteiger charge is 2.33. The molecule has 3 aromatic rings. The van der Waals surface area contributed by atoms with Gasteiger partial charge in [-0.05, 0) is 56.4 Å². The predicted octanol–water partition coefficient (Wildman–Crippen LogP) is 3.77. The Morgan fingerprint density at radius 2 is 1.94 bits per heavy atom. The summed E-state index contributed by atoms with van der Waals surface area (Å²) in [6, 6.07) is 9.69. The largest absolute Gasteiger partial charge is 0.494 e. The van der Waals surface area contributed by atoms with Crippen molar-refractivity contribution in [2.24, 2.45) is 0 Å². The Balaban J connectivity index is 1.34.